The van der Waals surface area contributed by atoms with Crippen LogP contribution in [0, 0.1) is 0 Å². The maximum absolute atomic E-state index is 12.9. The Bertz CT molecular complexity index is 1130. The third-order valence-electron chi connectivity index (χ3n) is 15.3. The fourth-order valence-electron chi connectivity index (χ4n) is 10.3. The molecule has 0 heterocycles. The molecule has 0 amide bonds. The molecule has 0 aliphatic carbocycles. The number of carbonyl (C=O) groups is 3. The average Bonchev–Trinajstić information content (AvgIpc) is 3.39. The summed E-state index contributed by atoms with van der Waals surface area (Å²) in [5.74, 6) is -0.843. The molecule has 0 N–H and O–H groups in total. The largest absolute Gasteiger partial charge is 0.462 e. The Morgan fingerprint density at radius 2 is 0.452 bits per heavy atom. The first kappa shape index (κ1) is 71.2. The zero-order valence-electron chi connectivity index (χ0n) is 49.7. The quantitative estimate of drug-likeness (QED) is 0.0261. The Labute approximate surface area is 456 Å². The molecule has 1 atom stereocenters. The highest BCUT2D eigenvalue weighted by molar-refractivity contribution is 5.71. The van der Waals surface area contributed by atoms with Crippen LogP contribution < -0.4 is 0 Å². The van der Waals surface area contributed by atoms with Crippen LogP contribution in [0.2, 0.25) is 0 Å². The summed E-state index contributed by atoms with van der Waals surface area (Å²) < 4.78 is 16.9. The molecule has 0 saturated carbocycles. The zero-order valence-corrected chi connectivity index (χ0v) is 49.7. The van der Waals surface area contributed by atoms with Crippen LogP contribution in [0.5, 0.6) is 0 Å². The number of esters is 3. The van der Waals surface area contributed by atoms with E-state index < -0.39 is 6.10 Å². The highest BCUT2D eigenvalue weighted by Gasteiger charge is 2.19. The standard InChI is InChI=1S/C67H128O6/c1-4-7-10-13-16-19-22-25-28-30-31-32-33-34-35-36-37-38-40-42-45-48-51-54-57-60-66(69)72-63-64(62-71-65(68)59-56-53-50-47-44-41-27-24-21-18-15-12-9-6-3)73-67(70)61-58-55-52-49-46-43-39-29-26-23-20-17-14-11-8-5-2/h24,27,64H,4-23,25-26,28-63H2,1-3H3/b27-24-. The molecule has 0 rings (SSSR count). The van der Waals surface area contributed by atoms with Gasteiger partial charge >= 0.3 is 17.9 Å². The first-order valence-corrected chi connectivity index (χ1v) is 33.2. The van der Waals surface area contributed by atoms with Crippen LogP contribution in [0.4, 0.5) is 0 Å². The van der Waals surface area contributed by atoms with Gasteiger partial charge in [0, 0.05) is 19.3 Å². The summed E-state index contributed by atoms with van der Waals surface area (Å²) >= 11 is 0. The molecule has 6 nitrogen and oxygen atoms in total. The lowest BCUT2D eigenvalue weighted by Gasteiger charge is -2.18. The van der Waals surface area contributed by atoms with Gasteiger partial charge in [-0.3, -0.25) is 14.4 Å². The lowest BCUT2D eigenvalue weighted by Crippen LogP contribution is -2.30. The Kier molecular flexibility index (Phi) is 61.1. The second kappa shape index (κ2) is 62.7. The molecule has 0 aromatic rings. The second-order valence-electron chi connectivity index (χ2n) is 22.7. The number of carbonyl (C=O) groups excluding carboxylic acids is 3. The van der Waals surface area contributed by atoms with Crippen LogP contribution in [-0.2, 0) is 28.6 Å². The first-order chi connectivity index (χ1) is 36.0. The van der Waals surface area contributed by atoms with Crippen molar-refractivity contribution >= 4 is 17.9 Å². The number of hydrogen-bond donors (Lipinski definition) is 0. The van der Waals surface area contributed by atoms with Crippen molar-refractivity contribution in [3.05, 3.63) is 12.2 Å². The van der Waals surface area contributed by atoms with Crippen LogP contribution in [-0.4, -0.2) is 37.2 Å². The summed E-state index contributed by atoms with van der Waals surface area (Å²) in [5, 5.41) is 0. The van der Waals surface area contributed by atoms with E-state index in [0.29, 0.717) is 19.3 Å². The molecule has 0 saturated heterocycles. The van der Waals surface area contributed by atoms with Crippen molar-refractivity contribution in [3.63, 3.8) is 0 Å². The lowest BCUT2D eigenvalue weighted by molar-refractivity contribution is -0.167. The van der Waals surface area contributed by atoms with Gasteiger partial charge in [-0.2, -0.15) is 0 Å². The van der Waals surface area contributed by atoms with Gasteiger partial charge in [-0.1, -0.05) is 328 Å². The minimum Gasteiger partial charge on any atom is -0.462 e. The summed E-state index contributed by atoms with van der Waals surface area (Å²) in [6, 6.07) is 0. The van der Waals surface area contributed by atoms with Crippen molar-refractivity contribution in [1.82, 2.24) is 0 Å². The Balaban J connectivity index is 4.21. The Morgan fingerprint density at radius 1 is 0.260 bits per heavy atom. The predicted molar refractivity (Wildman–Crippen MR) is 317 cm³/mol. The summed E-state index contributed by atoms with van der Waals surface area (Å²) in [7, 11) is 0. The van der Waals surface area contributed by atoms with E-state index in [4.69, 9.17) is 14.2 Å². The SMILES string of the molecule is CCCCCCC/C=C\CCCCCCCC(=O)OCC(COC(=O)CCCCCCCCCCCCCCCCCCCCCCCCCCC)OC(=O)CCCCCCCCCCCCCCCCCC. The third kappa shape index (κ3) is 60.9. The van der Waals surface area contributed by atoms with Gasteiger partial charge in [-0.05, 0) is 44.9 Å². The van der Waals surface area contributed by atoms with E-state index in [-0.39, 0.29) is 31.1 Å². The van der Waals surface area contributed by atoms with Crippen molar-refractivity contribution in [2.24, 2.45) is 0 Å². The van der Waals surface area contributed by atoms with E-state index >= 15 is 0 Å². The molecule has 73 heavy (non-hydrogen) atoms. The maximum atomic E-state index is 12.9. The summed E-state index contributed by atoms with van der Waals surface area (Å²) in [4.78, 5) is 38.3. The van der Waals surface area contributed by atoms with E-state index in [9.17, 15) is 14.4 Å². The number of rotatable bonds is 62. The fraction of sp³-hybridized carbons (Fsp3) is 0.925. The molecule has 0 aliphatic heterocycles. The summed E-state index contributed by atoms with van der Waals surface area (Å²) in [5.41, 5.74) is 0. The summed E-state index contributed by atoms with van der Waals surface area (Å²) in [6.45, 7) is 6.70. The fourth-order valence-corrected chi connectivity index (χ4v) is 10.3. The second-order valence-corrected chi connectivity index (χ2v) is 22.7. The number of allylic oxidation sites excluding steroid dienone is 2. The van der Waals surface area contributed by atoms with E-state index in [2.05, 4.69) is 32.9 Å². The van der Waals surface area contributed by atoms with Crippen molar-refractivity contribution in [2.75, 3.05) is 13.2 Å². The smallest absolute Gasteiger partial charge is 0.306 e. The van der Waals surface area contributed by atoms with Crippen molar-refractivity contribution in [1.29, 1.82) is 0 Å². The van der Waals surface area contributed by atoms with Crippen LogP contribution in [0.3, 0.4) is 0 Å². The van der Waals surface area contributed by atoms with E-state index in [1.165, 1.54) is 276 Å². The molecule has 0 radical (unpaired) electrons. The van der Waals surface area contributed by atoms with Crippen molar-refractivity contribution in [2.45, 2.75) is 386 Å². The van der Waals surface area contributed by atoms with Gasteiger partial charge in [0.15, 0.2) is 6.10 Å². The molecule has 0 fully saturated rings. The van der Waals surface area contributed by atoms with Crippen LogP contribution >= 0.6 is 0 Å². The lowest BCUT2D eigenvalue weighted by atomic mass is 10.0. The summed E-state index contributed by atoms with van der Waals surface area (Å²) in [6.07, 6.45) is 73.7. The van der Waals surface area contributed by atoms with Crippen LogP contribution in [0.15, 0.2) is 12.2 Å². The first-order valence-electron chi connectivity index (χ1n) is 33.2. The van der Waals surface area contributed by atoms with E-state index in [1.54, 1.807) is 0 Å². The molecular weight excluding hydrogens is 901 g/mol. The zero-order chi connectivity index (χ0) is 52.9. The highest BCUT2D eigenvalue weighted by atomic mass is 16.6. The molecule has 6 heteroatoms. The molecule has 0 aromatic carbocycles. The molecule has 1 unspecified atom stereocenters. The number of unbranched alkanes of at least 4 members (excludes halogenated alkanes) is 49. The van der Waals surface area contributed by atoms with Crippen molar-refractivity contribution in [3.8, 4) is 0 Å². The van der Waals surface area contributed by atoms with Gasteiger partial charge in [-0.25, -0.2) is 0 Å². The van der Waals surface area contributed by atoms with Crippen LogP contribution in [0.1, 0.15) is 380 Å². The molecule has 432 valence electrons. The van der Waals surface area contributed by atoms with Gasteiger partial charge < -0.3 is 14.2 Å². The van der Waals surface area contributed by atoms with Gasteiger partial charge in [0.1, 0.15) is 13.2 Å². The number of ether oxygens (including phenoxy) is 3. The Hall–Kier alpha value is -1.85. The van der Waals surface area contributed by atoms with E-state index in [1.807, 2.05) is 0 Å². The number of hydrogen-bond acceptors (Lipinski definition) is 6. The third-order valence-corrected chi connectivity index (χ3v) is 15.3. The molecule has 0 aliphatic rings. The minimum atomic E-state index is -0.769. The molecular formula is C67H128O6. The molecule has 0 aromatic heterocycles. The minimum absolute atomic E-state index is 0.0659. The topological polar surface area (TPSA) is 78.9 Å². The van der Waals surface area contributed by atoms with Gasteiger partial charge in [0.05, 0.1) is 0 Å². The maximum Gasteiger partial charge on any atom is 0.306 e. The predicted octanol–water partition coefficient (Wildman–Crippen LogP) is 22.4. The highest BCUT2D eigenvalue weighted by Crippen LogP contribution is 2.18. The normalized spacial score (nSPS) is 12.0. The van der Waals surface area contributed by atoms with Gasteiger partial charge in [0.2, 0.25) is 0 Å². The van der Waals surface area contributed by atoms with Gasteiger partial charge in [0.25, 0.3) is 0 Å². The van der Waals surface area contributed by atoms with Crippen molar-refractivity contribution < 1.29 is 28.6 Å². The van der Waals surface area contributed by atoms with Gasteiger partial charge in [-0.15, -0.1) is 0 Å². The van der Waals surface area contributed by atoms with E-state index in [0.717, 1.165) is 64.2 Å². The average molecular weight is 1030 g/mol. The monoisotopic (exact) mass is 1030 g/mol. The molecule has 0 spiro atoms. The van der Waals surface area contributed by atoms with Crippen LogP contribution in [0.25, 0.3) is 0 Å². The molecule has 0 bridgehead atoms. The Morgan fingerprint density at radius 3 is 0.685 bits per heavy atom.